The number of nitrogen functional groups attached to an aromatic ring is 1. The van der Waals surface area contributed by atoms with Gasteiger partial charge in [-0.25, -0.2) is 0 Å². The van der Waals surface area contributed by atoms with Crippen molar-refractivity contribution in [2.45, 2.75) is 0 Å². The summed E-state index contributed by atoms with van der Waals surface area (Å²) in [6, 6.07) is 2.76. The van der Waals surface area contributed by atoms with E-state index in [1.54, 1.807) is 0 Å². The number of halogens is 1. The van der Waals surface area contributed by atoms with Gasteiger partial charge in [0.2, 0.25) is 0 Å². The van der Waals surface area contributed by atoms with Crippen molar-refractivity contribution in [1.29, 1.82) is 0 Å². The van der Waals surface area contributed by atoms with Gasteiger partial charge in [0.05, 0.1) is 17.4 Å². The van der Waals surface area contributed by atoms with E-state index in [-0.39, 0.29) is 22.3 Å². The van der Waals surface area contributed by atoms with Gasteiger partial charge >= 0.3 is 5.69 Å². The van der Waals surface area contributed by atoms with E-state index in [0.717, 1.165) is 0 Å². The van der Waals surface area contributed by atoms with Gasteiger partial charge in [0.1, 0.15) is 5.56 Å². The Morgan fingerprint density at radius 3 is 2.69 bits per heavy atom. The summed E-state index contributed by atoms with van der Waals surface area (Å²) in [5.74, 6) is -0.438. The molecule has 2 N–H and O–H groups in total. The number of alkyl halides is 1. The minimum atomic E-state index is -0.676. The van der Waals surface area contributed by atoms with Crippen LogP contribution in [0.25, 0.3) is 0 Å². The number of hydrogen-bond acceptors (Lipinski definition) is 5. The molecule has 0 saturated carbocycles. The molecular weight excluding hydrogens is 280 g/mol. The van der Waals surface area contributed by atoms with Gasteiger partial charge in [0, 0.05) is 5.69 Å². The molecule has 0 aliphatic carbocycles. The highest BCUT2D eigenvalue weighted by Crippen LogP contribution is 2.34. The summed E-state index contributed by atoms with van der Waals surface area (Å²) in [7, 11) is 1.29. The van der Waals surface area contributed by atoms with E-state index in [4.69, 9.17) is 10.5 Å². The maximum atomic E-state index is 11.5. The maximum absolute atomic E-state index is 11.5. The first-order chi connectivity index (χ1) is 7.52. The SMILES string of the molecule is COc1ccc(N)c(C(=O)CBr)c1[N+](=O)[O-]. The van der Waals surface area contributed by atoms with Crippen LogP contribution in [-0.2, 0) is 0 Å². The van der Waals surface area contributed by atoms with Gasteiger partial charge in [0.15, 0.2) is 11.5 Å². The van der Waals surface area contributed by atoms with Gasteiger partial charge in [-0.2, -0.15) is 0 Å². The first kappa shape index (κ1) is 12.4. The highest BCUT2D eigenvalue weighted by atomic mass is 79.9. The predicted octanol–water partition coefficient (Wildman–Crippen LogP) is 1.76. The Hall–Kier alpha value is -1.63. The molecule has 6 nitrogen and oxygen atoms in total. The highest BCUT2D eigenvalue weighted by molar-refractivity contribution is 9.09. The summed E-state index contributed by atoms with van der Waals surface area (Å²) in [6.45, 7) is 0. The molecular formula is C9H9BrN2O4. The normalized spacial score (nSPS) is 9.88. The van der Waals surface area contributed by atoms with Crippen molar-refractivity contribution in [3.05, 3.63) is 27.8 Å². The fourth-order valence-corrected chi connectivity index (χ4v) is 1.57. The molecule has 86 valence electrons. The summed E-state index contributed by atoms with van der Waals surface area (Å²) in [5.41, 5.74) is 5.10. The molecule has 7 heteroatoms. The molecule has 0 radical (unpaired) electrons. The summed E-state index contributed by atoms with van der Waals surface area (Å²) < 4.78 is 4.83. The van der Waals surface area contributed by atoms with Crippen LogP contribution in [0.2, 0.25) is 0 Å². The van der Waals surface area contributed by atoms with Crippen molar-refractivity contribution >= 4 is 33.1 Å². The van der Waals surface area contributed by atoms with Crippen LogP contribution in [0.1, 0.15) is 10.4 Å². The van der Waals surface area contributed by atoms with Gasteiger partial charge < -0.3 is 10.5 Å². The lowest BCUT2D eigenvalue weighted by molar-refractivity contribution is -0.385. The number of carbonyl (C=O) groups excluding carboxylic acids is 1. The Labute approximate surface area is 99.7 Å². The van der Waals surface area contributed by atoms with E-state index in [0.29, 0.717) is 0 Å². The number of hydrogen-bond donors (Lipinski definition) is 1. The van der Waals surface area contributed by atoms with Crippen molar-refractivity contribution in [2.75, 3.05) is 18.2 Å². The van der Waals surface area contributed by atoms with E-state index in [1.807, 2.05) is 0 Å². The van der Waals surface area contributed by atoms with Gasteiger partial charge in [-0.05, 0) is 12.1 Å². The van der Waals surface area contributed by atoms with Crippen LogP contribution in [0.5, 0.6) is 5.75 Å². The number of nitro benzene ring substituents is 1. The number of nitro groups is 1. The Morgan fingerprint density at radius 1 is 1.62 bits per heavy atom. The van der Waals surface area contributed by atoms with Crippen LogP contribution < -0.4 is 10.5 Å². The van der Waals surface area contributed by atoms with E-state index < -0.39 is 16.4 Å². The van der Waals surface area contributed by atoms with Gasteiger partial charge in [0.25, 0.3) is 0 Å². The highest BCUT2D eigenvalue weighted by Gasteiger charge is 2.27. The van der Waals surface area contributed by atoms with Crippen molar-refractivity contribution in [2.24, 2.45) is 0 Å². The number of nitrogens with two attached hydrogens (primary N) is 1. The Bertz CT molecular complexity index is 447. The fourth-order valence-electron chi connectivity index (χ4n) is 1.29. The molecule has 0 unspecified atom stereocenters. The Balaban J connectivity index is 3.54. The molecule has 0 aliphatic rings. The second-order valence-corrected chi connectivity index (χ2v) is 3.46. The zero-order valence-corrected chi connectivity index (χ0v) is 9.98. The van der Waals surface area contributed by atoms with Crippen molar-refractivity contribution < 1.29 is 14.5 Å². The molecule has 0 heterocycles. The number of anilines is 1. The topological polar surface area (TPSA) is 95.5 Å². The van der Waals surface area contributed by atoms with E-state index in [1.165, 1.54) is 19.2 Å². The number of rotatable bonds is 4. The van der Waals surface area contributed by atoms with Crippen LogP contribution in [0, 0.1) is 10.1 Å². The standard InChI is InChI=1S/C9H9BrN2O4/c1-16-7-3-2-5(11)8(6(13)4-10)9(7)12(14)15/h2-3H,4,11H2,1H3. The van der Waals surface area contributed by atoms with Crippen molar-refractivity contribution in [3.63, 3.8) is 0 Å². The number of benzene rings is 1. The van der Waals surface area contributed by atoms with Crippen LogP contribution >= 0.6 is 15.9 Å². The molecule has 0 aliphatic heterocycles. The quantitative estimate of drug-likeness (QED) is 0.299. The largest absolute Gasteiger partial charge is 0.490 e. The minimum Gasteiger partial charge on any atom is -0.490 e. The Morgan fingerprint density at radius 2 is 2.25 bits per heavy atom. The second-order valence-electron chi connectivity index (χ2n) is 2.89. The van der Waals surface area contributed by atoms with Crippen LogP contribution in [-0.4, -0.2) is 23.1 Å². The molecule has 0 saturated heterocycles. The first-order valence-corrected chi connectivity index (χ1v) is 5.35. The average Bonchev–Trinajstić information content (AvgIpc) is 2.27. The number of nitrogens with zero attached hydrogens (tertiary/aromatic N) is 1. The predicted molar refractivity (Wildman–Crippen MR) is 62.2 cm³/mol. The number of ether oxygens (including phenoxy) is 1. The molecule has 1 aromatic rings. The second kappa shape index (κ2) is 4.93. The van der Waals surface area contributed by atoms with Gasteiger partial charge in [-0.1, -0.05) is 15.9 Å². The minimum absolute atomic E-state index is 0.0171. The molecule has 0 atom stereocenters. The van der Waals surface area contributed by atoms with E-state index >= 15 is 0 Å². The van der Waals surface area contributed by atoms with Crippen molar-refractivity contribution in [3.8, 4) is 5.75 Å². The molecule has 16 heavy (non-hydrogen) atoms. The molecule has 1 rings (SSSR count). The van der Waals surface area contributed by atoms with E-state index in [9.17, 15) is 14.9 Å². The van der Waals surface area contributed by atoms with Gasteiger partial charge in [-0.15, -0.1) is 0 Å². The molecule has 0 bridgehead atoms. The number of methoxy groups -OCH3 is 1. The Kier molecular flexibility index (Phi) is 3.83. The number of carbonyl (C=O) groups is 1. The zero-order chi connectivity index (χ0) is 12.3. The number of Topliss-reactive ketones (excluding diaryl/α,β-unsaturated/α-hetero) is 1. The molecule has 0 aromatic heterocycles. The van der Waals surface area contributed by atoms with E-state index in [2.05, 4.69) is 15.9 Å². The smallest absolute Gasteiger partial charge is 0.323 e. The summed E-state index contributed by atoms with van der Waals surface area (Å²) in [6.07, 6.45) is 0. The first-order valence-electron chi connectivity index (χ1n) is 4.23. The van der Waals surface area contributed by atoms with Crippen LogP contribution in [0.15, 0.2) is 12.1 Å². The lowest BCUT2D eigenvalue weighted by atomic mass is 10.1. The lowest BCUT2D eigenvalue weighted by Crippen LogP contribution is -2.09. The fraction of sp³-hybridized carbons (Fsp3) is 0.222. The summed E-state index contributed by atoms with van der Waals surface area (Å²) in [4.78, 5) is 21.7. The van der Waals surface area contributed by atoms with Crippen LogP contribution in [0.3, 0.4) is 0 Å². The average molecular weight is 289 g/mol. The summed E-state index contributed by atoms with van der Waals surface area (Å²) in [5, 5.41) is 10.8. The third-order valence-corrected chi connectivity index (χ3v) is 2.49. The molecule has 0 spiro atoms. The monoisotopic (exact) mass is 288 g/mol. The van der Waals surface area contributed by atoms with Crippen LogP contribution in [0.4, 0.5) is 11.4 Å². The third kappa shape index (κ3) is 2.13. The molecule has 0 amide bonds. The summed E-state index contributed by atoms with van der Waals surface area (Å²) >= 11 is 2.95. The molecule has 0 fully saturated rings. The lowest BCUT2D eigenvalue weighted by Gasteiger charge is -2.07. The molecule has 1 aromatic carbocycles. The van der Waals surface area contributed by atoms with Crippen molar-refractivity contribution in [1.82, 2.24) is 0 Å². The van der Waals surface area contributed by atoms with Gasteiger partial charge in [-0.3, -0.25) is 14.9 Å². The third-order valence-electron chi connectivity index (χ3n) is 1.98. The number of ketones is 1. The maximum Gasteiger partial charge on any atom is 0.323 e. The zero-order valence-electron chi connectivity index (χ0n) is 8.40.